The second kappa shape index (κ2) is 6.98. The van der Waals surface area contributed by atoms with Gasteiger partial charge in [-0.05, 0) is 30.9 Å². The van der Waals surface area contributed by atoms with Crippen LogP contribution in [-0.4, -0.2) is 30.2 Å². The first-order valence-corrected chi connectivity index (χ1v) is 9.16. The summed E-state index contributed by atoms with van der Waals surface area (Å²) < 4.78 is 27.1. The second-order valence-corrected chi connectivity index (χ2v) is 8.30. The number of nitrogens with zero attached hydrogens (tertiary/aromatic N) is 2. The van der Waals surface area contributed by atoms with E-state index in [-0.39, 0.29) is 16.6 Å². The van der Waals surface area contributed by atoms with Crippen molar-refractivity contribution in [2.24, 2.45) is 5.92 Å². The minimum atomic E-state index is -3.72. The number of sulfonamides is 1. The van der Waals surface area contributed by atoms with Gasteiger partial charge < -0.3 is 0 Å². The van der Waals surface area contributed by atoms with Crippen LogP contribution in [-0.2, 0) is 10.0 Å². The van der Waals surface area contributed by atoms with Gasteiger partial charge in [0.2, 0.25) is 10.0 Å². The Morgan fingerprint density at radius 1 is 1.35 bits per heavy atom. The van der Waals surface area contributed by atoms with Crippen LogP contribution in [0, 0.1) is 16.0 Å². The Labute approximate surface area is 140 Å². The third-order valence-electron chi connectivity index (χ3n) is 3.68. The van der Waals surface area contributed by atoms with Crippen molar-refractivity contribution in [1.82, 2.24) is 4.31 Å². The maximum absolute atomic E-state index is 12.9. The van der Waals surface area contributed by atoms with E-state index in [9.17, 15) is 18.5 Å². The second-order valence-electron chi connectivity index (χ2n) is 5.93. The van der Waals surface area contributed by atoms with E-state index in [0.29, 0.717) is 30.3 Å². The van der Waals surface area contributed by atoms with E-state index in [0.717, 1.165) is 0 Å². The number of nitro groups is 1. The van der Waals surface area contributed by atoms with Gasteiger partial charge in [-0.3, -0.25) is 10.1 Å². The molecule has 0 saturated heterocycles. The molecule has 1 aromatic carbocycles. The van der Waals surface area contributed by atoms with Gasteiger partial charge in [-0.1, -0.05) is 31.5 Å². The molecule has 1 aromatic rings. The monoisotopic (exact) mass is 358 g/mol. The standard InChI is InChI=1S/C15H19ClN2O4S/c1-11(2)9-14-10-12(16)7-8-17(14)23(21,22)15-5-3-13(4-6-15)18(19)20/h3-6,10-11,14H,7-9H2,1-2H3. The Balaban J connectivity index is 2.34. The number of halogens is 1. The Hall–Kier alpha value is -1.44. The van der Waals surface area contributed by atoms with E-state index in [1.54, 1.807) is 6.08 Å². The predicted molar refractivity (Wildman–Crippen MR) is 88.8 cm³/mol. The van der Waals surface area contributed by atoms with E-state index < -0.39 is 14.9 Å². The number of non-ortho nitro benzene ring substituents is 1. The molecular formula is C15H19ClN2O4S. The summed E-state index contributed by atoms with van der Waals surface area (Å²) in [4.78, 5) is 10.2. The highest BCUT2D eigenvalue weighted by Gasteiger charge is 2.33. The maximum Gasteiger partial charge on any atom is 0.269 e. The Morgan fingerprint density at radius 3 is 2.48 bits per heavy atom. The van der Waals surface area contributed by atoms with Gasteiger partial charge in [0.25, 0.3) is 5.69 Å². The maximum atomic E-state index is 12.9. The van der Waals surface area contributed by atoms with E-state index >= 15 is 0 Å². The first-order valence-electron chi connectivity index (χ1n) is 7.34. The number of nitro benzene ring substituents is 1. The van der Waals surface area contributed by atoms with E-state index in [2.05, 4.69) is 0 Å². The fourth-order valence-electron chi connectivity index (χ4n) is 2.60. The van der Waals surface area contributed by atoms with E-state index in [4.69, 9.17) is 11.6 Å². The molecule has 0 bridgehead atoms. The number of benzene rings is 1. The van der Waals surface area contributed by atoms with Crippen molar-refractivity contribution in [3.05, 3.63) is 45.5 Å². The minimum Gasteiger partial charge on any atom is -0.258 e. The van der Waals surface area contributed by atoms with Gasteiger partial charge in [0, 0.05) is 29.8 Å². The van der Waals surface area contributed by atoms with Gasteiger partial charge in [-0.2, -0.15) is 4.31 Å². The molecule has 8 heteroatoms. The molecule has 1 aliphatic rings. The average molecular weight is 359 g/mol. The molecule has 2 rings (SSSR count). The van der Waals surface area contributed by atoms with Crippen LogP contribution in [0.25, 0.3) is 0 Å². The molecular weight excluding hydrogens is 340 g/mol. The van der Waals surface area contributed by atoms with Gasteiger partial charge in [-0.25, -0.2) is 8.42 Å². The molecule has 0 spiro atoms. The van der Waals surface area contributed by atoms with Crippen LogP contribution in [0.3, 0.4) is 0 Å². The molecule has 0 radical (unpaired) electrons. The fraction of sp³-hybridized carbons (Fsp3) is 0.467. The first-order chi connectivity index (χ1) is 10.7. The summed E-state index contributed by atoms with van der Waals surface area (Å²) in [6, 6.07) is 4.67. The fourth-order valence-corrected chi connectivity index (χ4v) is 4.42. The molecule has 0 fully saturated rings. The molecule has 23 heavy (non-hydrogen) atoms. The number of rotatable bonds is 5. The van der Waals surface area contributed by atoms with Crippen molar-refractivity contribution in [2.75, 3.05) is 6.54 Å². The third kappa shape index (κ3) is 4.10. The van der Waals surface area contributed by atoms with Gasteiger partial charge in [0.1, 0.15) is 0 Å². The van der Waals surface area contributed by atoms with E-state index in [1.807, 2.05) is 13.8 Å². The minimum absolute atomic E-state index is 0.0586. The number of hydrogen-bond acceptors (Lipinski definition) is 4. The largest absolute Gasteiger partial charge is 0.269 e. The van der Waals surface area contributed by atoms with Crippen molar-refractivity contribution >= 4 is 27.3 Å². The van der Waals surface area contributed by atoms with Crippen molar-refractivity contribution in [2.45, 2.75) is 37.6 Å². The summed E-state index contributed by atoms with van der Waals surface area (Å²) in [6.45, 7) is 4.35. The van der Waals surface area contributed by atoms with Crippen molar-refractivity contribution < 1.29 is 13.3 Å². The highest BCUT2D eigenvalue weighted by atomic mass is 35.5. The summed E-state index contributed by atoms with van der Waals surface area (Å²) in [7, 11) is -3.72. The summed E-state index contributed by atoms with van der Waals surface area (Å²) in [5.41, 5.74) is -0.135. The van der Waals surface area contributed by atoms with Crippen molar-refractivity contribution in [3.8, 4) is 0 Å². The zero-order chi connectivity index (χ0) is 17.2. The zero-order valence-corrected chi connectivity index (χ0v) is 14.5. The molecule has 1 unspecified atom stereocenters. The highest BCUT2D eigenvalue weighted by molar-refractivity contribution is 7.89. The van der Waals surface area contributed by atoms with Crippen LogP contribution in [0.2, 0.25) is 0 Å². The van der Waals surface area contributed by atoms with Crippen LogP contribution in [0.5, 0.6) is 0 Å². The summed E-state index contributed by atoms with van der Waals surface area (Å²) in [5, 5.41) is 11.4. The van der Waals surface area contributed by atoms with Gasteiger partial charge in [-0.15, -0.1) is 0 Å². The summed E-state index contributed by atoms with van der Waals surface area (Å²) in [5.74, 6) is 0.313. The molecule has 0 amide bonds. The zero-order valence-electron chi connectivity index (χ0n) is 13.0. The van der Waals surface area contributed by atoms with E-state index in [1.165, 1.54) is 28.6 Å². The number of hydrogen-bond donors (Lipinski definition) is 0. The molecule has 0 aromatic heterocycles. The first kappa shape index (κ1) is 17.9. The normalized spacial score (nSPS) is 19.7. The molecule has 6 nitrogen and oxygen atoms in total. The summed E-state index contributed by atoms with van der Waals surface area (Å²) >= 11 is 6.08. The van der Waals surface area contributed by atoms with Crippen molar-refractivity contribution in [3.63, 3.8) is 0 Å². The lowest BCUT2D eigenvalue weighted by molar-refractivity contribution is -0.384. The average Bonchev–Trinajstić information content (AvgIpc) is 2.46. The predicted octanol–water partition coefficient (Wildman–Crippen LogP) is 3.53. The van der Waals surface area contributed by atoms with Gasteiger partial charge in [0.05, 0.1) is 9.82 Å². The topological polar surface area (TPSA) is 80.5 Å². The summed E-state index contributed by atoms with van der Waals surface area (Å²) in [6.07, 6.45) is 2.93. The Kier molecular flexibility index (Phi) is 5.44. The van der Waals surface area contributed by atoms with Crippen LogP contribution in [0.4, 0.5) is 5.69 Å². The van der Waals surface area contributed by atoms with Crippen LogP contribution < -0.4 is 0 Å². The van der Waals surface area contributed by atoms with Gasteiger partial charge in [0.15, 0.2) is 0 Å². The molecule has 126 valence electrons. The molecule has 0 saturated carbocycles. The lowest BCUT2D eigenvalue weighted by atomic mass is 10.0. The van der Waals surface area contributed by atoms with Crippen molar-refractivity contribution in [1.29, 1.82) is 0 Å². The quantitative estimate of drug-likeness (QED) is 0.595. The Bertz CT molecular complexity index is 713. The van der Waals surface area contributed by atoms with Crippen LogP contribution >= 0.6 is 11.6 Å². The molecule has 1 atom stereocenters. The Morgan fingerprint density at radius 2 is 1.96 bits per heavy atom. The molecule has 1 heterocycles. The SMILES string of the molecule is CC(C)CC1C=C(Cl)CCN1S(=O)(=O)c1ccc([N+](=O)[O-])cc1. The van der Waals surface area contributed by atoms with Crippen LogP contribution in [0.1, 0.15) is 26.7 Å². The molecule has 0 N–H and O–H groups in total. The lowest BCUT2D eigenvalue weighted by Crippen LogP contribution is -2.42. The molecule has 0 aliphatic carbocycles. The van der Waals surface area contributed by atoms with Crippen LogP contribution in [0.15, 0.2) is 40.3 Å². The lowest BCUT2D eigenvalue weighted by Gasteiger charge is -2.33. The third-order valence-corrected chi connectivity index (χ3v) is 5.93. The highest BCUT2D eigenvalue weighted by Crippen LogP contribution is 2.29. The van der Waals surface area contributed by atoms with Gasteiger partial charge >= 0.3 is 0 Å². The smallest absolute Gasteiger partial charge is 0.258 e. The molecule has 1 aliphatic heterocycles.